The quantitative estimate of drug-likeness (QED) is 0.504. The smallest absolute Gasteiger partial charge is 0.191 e. The van der Waals surface area contributed by atoms with E-state index in [1.54, 1.807) is 7.11 Å². The van der Waals surface area contributed by atoms with Crippen molar-refractivity contribution >= 4 is 23.4 Å². The molecule has 0 saturated carbocycles. The van der Waals surface area contributed by atoms with Crippen molar-refractivity contribution in [2.45, 2.75) is 17.8 Å². The van der Waals surface area contributed by atoms with Crippen LogP contribution in [0.3, 0.4) is 0 Å². The fraction of sp³-hybridized carbons (Fsp3) is 0.300. The molecule has 1 atom stereocenters. The number of benzene rings is 2. The average Bonchev–Trinajstić information content (AvgIpc) is 3.13. The maximum absolute atomic E-state index is 10.3. The van der Waals surface area contributed by atoms with Crippen molar-refractivity contribution in [1.29, 1.82) is 0 Å². The van der Waals surface area contributed by atoms with E-state index >= 15 is 0 Å². The van der Waals surface area contributed by atoms with Crippen LogP contribution in [0.25, 0.3) is 11.4 Å². The van der Waals surface area contributed by atoms with Crippen LogP contribution in [0.15, 0.2) is 59.8 Å². The first kappa shape index (κ1) is 20.7. The lowest BCUT2D eigenvalue weighted by Gasteiger charge is -2.13. The third-order valence-electron chi connectivity index (χ3n) is 3.93. The highest BCUT2D eigenvalue weighted by molar-refractivity contribution is 7.99. The van der Waals surface area contributed by atoms with Crippen LogP contribution >= 0.6 is 23.4 Å². The summed E-state index contributed by atoms with van der Waals surface area (Å²) >= 11 is 7.42. The second-order valence-corrected chi connectivity index (χ2v) is 7.47. The first-order valence-electron chi connectivity index (χ1n) is 8.84. The number of aromatic nitrogens is 3. The Labute approximate surface area is 173 Å². The molecule has 0 radical (unpaired) electrons. The van der Waals surface area contributed by atoms with E-state index < -0.39 is 6.10 Å². The van der Waals surface area contributed by atoms with E-state index in [0.717, 1.165) is 22.3 Å². The number of thioether (sulfide) groups is 1. The first-order valence-corrected chi connectivity index (χ1v) is 10.2. The van der Waals surface area contributed by atoms with Gasteiger partial charge >= 0.3 is 0 Å². The van der Waals surface area contributed by atoms with Crippen LogP contribution in [-0.2, 0) is 11.3 Å². The molecule has 0 fully saturated rings. The van der Waals surface area contributed by atoms with Crippen LogP contribution in [-0.4, -0.2) is 52.1 Å². The van der Waals surface area contributed by atoms with Gasteiger partial charge in [-0.3, -0.25) is 4.57 Å². The summed E-state index contributed by atoms with van der Waals surface area (Å²) in [4.78, 5) is 0. The van der Waals surface area contributed by atoms with Gasteiger partial charge in [0.2, 0.25) is 0 Å². The van der Waals surface area contributed by atoms with Crippen LogP contribution < -0.4 is 4.74 Å². The van der Waals surface area contributed by atoms with Gasteiger partial charge in [0.15, 0.2) is 11.0 Å². The Morgan fingerprint density at radius 2 is 1.86 bits per heavy atom. The molecule has 0 saturated heterocycles. The number of methoxy groups -OCH3 is 1. The minimum Gasteiger partial charge on any atom is -0.491 e. The highest BCUT2D eigenvalue weighted by atomic mass is 35.5. The zero-order valence-corrected chi connectivity index (χ0v) is 17.1. The van der Waals surface area contributed by atoms with E-state index in [1.165, 1.54) is 11.8 Å². The molecular formula is C20H22ClN3O3S. The van der Waals surface area contributed by atoms with Crippen LogP contribution in [0, 0.1) is 0 Å². The Kier molecular flexibility index (Phi) is 7.73. The standard InChI is InChI=1S/C20H22ClN3O3S/c1-26-12-11-24-19(15-7-9-16(21)10-8-15)22-23-20(24)28-14-17(25)13-27-18-5-3-2-4-6-18/h2-10,17,25H,11-14H2,1H3/t17-/m0/s1. The molecule has 1 heterocycles. The van der Waals surface area contributed by atoms with Crippen molar-refractivity contribution in [3.8, 4) is 17.1 Å². The maximum atomic E-state index is 10.3. The molecule has 28 heavy (non-hydrogen) atoms. The first-order chi connectivity index (χ1) is 13.7. The minimum absolute atomic E-state index is 0.216. The Morgan fingerprint density at radius 3 is 2.57 bits per heavy atom. The fourth-order valence-electron chi connectivity index (χ4n) is 2.52. The summed E-state index contributed by atoms with van der Waals surface area (Å²) in [5.74, 6) is 1.92. The fourth-order valence-corrected chi connectivity index (χ4v) is 3.52. The molecule has 1 N–H and O–H groups in total. The molecule has 2 aromatic carbocycles. The molecule has 3 rings (SSSR count). The topological polar surface area (TPSA) is 69.4 Å². The summed E-state index contributed by atoms with van der Waals surface area (Å²) in [6.07, 6.45) is -0.628. The molecule has 0 amide bonds. The van der Waals surface area contributed by atoms with Gasteiger partial charge in [-0.25, -0.2) is 0 Å². The largest absolute Gasteiger partial charge is 0.491 e. The van der Waals surface area contributed by atoms with Crippen molar-refractivity contribution in [3.05, 3.63) is 59.6 Å². The molecule has 0 unspecified atom stereocenters. The number of rotatable bonds is 10. The highest BCUT2D eigenvalue weighted by Crippen LogP contribution is 2.25. The van der Waals surface area contributed by atoms with E-state index in [9.17, 15) is 5.11 Å². The minimum atomic E-state index is -0.628. The lowest BCUT2D eigenvalue weighted by atomic mass is 10.2. The Morgan fingerprint density at radius 1 is 1.11 bits per heavy atom. The van der Waals surface area contributed by atoms with E-state index in [4.69, 9.17) is 21.1 Å². The Hall–Kier alpha value is -2.06. The normalized spacial score (nSPS) is 12.1. The molecule has 148 valence electrons. The molecule has 0 aliphatic heterocycles. The van der Waals surface area contributed by atoms with Crippen molar-refractivity contribution < 1.29 is 14.6 Å². The average molecular weight is 420 g/mol. The SMILES string of the molecule is COCCn1c(SC[C@@H](O)COc2ccccc2)nnc1-c1ccc(Cl)cc1. The zero-order valence-electron chi connectivity index (χ0n) is 15.5. The summed E-state index contributed by atoms with van der Waals surface area (Å²) < 4.78 is 12.8. The molecule has 0 aliphatic carbocycles. The van der Waals surface area contributed by atoms with E-state index in [2.05, 4.69) is 10.2 Å². The summed E-state index contributed by atoms with van der Waals surface area (Å²) in [5.41, 5.74) is 0.924. The van der Waals surface area contributed by atoms with Crippen molar-refractivity contribution in [2.24, 2.45) is 0 Å². The van der Waals surface area contributed by atoms with Crippen molar-refractivity contribution in [2.75, 3.05) is 26.1 Å². The summed E-state index contributed by atoms with van der Waals surface area (Å²) in [5, 5.41) is 20.3. The van der Waals surface area contributed by atoms with Crippen LogP contribution in [0.4, 0.5) is 0 Å². The van der Waals surface area contributed by atoms with Gasteiger partial charge in [-0.2, -0.15) is 0 Å². The highest BCUT2D eigenvalue weighted by Gasteiger charge is 2.16. The number of halogens is 1. The molecule has 3 aromatic rings. The van der Waals surface area contributed by atoms with Gasteiger partial charge < -0.3 is 14.6 Å². The van der Waals surface area contributed by atoms with Crippen molar-refractivity contribution in [3.63, 3.8) is 0 Å². The molecule has 0 bridgehead atoms. The third kappa shape index (κ3) is 5.72. The van der Waals surface area contributed by atoms with Crippen LogP contribution in [0.1, 0.15) is 0 Å². The van der Waals surface area contributed by atoms with E-state index in [-0.39, 0.29) is 6.61 Å². The van der Waals surface area contributed by atoms with Gasteiger partial charge in [-0.05, 0) is 36.4 Å². The lowest BCUT2D eigenvalue weighted by molar-refractivity contribution is 0.126. The van der Waals surface area contributed by atoms with Gasteiger partial charge in [-0.15, -0.1) is 10.2 Å². The second-order valence-electron chi connectivity index (χ2n) is 6.05. The third-order valence-corrected chi connectivity index (χ3v) is 5.29. The number of aliphatic hydroxyl groups is 1. The van der Waals surface area contributed by atoms with Gasteiger partial charge in [0, 0.05) is 23.4 Å². The number of hydrogen-bond acceptors (Lipinski definition) is 6. The van der Waals surface area contributed by atoms with Crippen LogP contribution in [0.2, 0.25) is 5.02 Å². The predicted molar refractivity (Wildman–Crippen MR) is 111 cm³/mol. The van der Waals surface area contributed by atoms with E-state index in [1.807, 2.05) is 59.2 Å². The Bertz CT molecular complexity index is 859. The predicted octanol–water partition coefficient (Wildman–Crippen LogP) is 3.78. The molecule has 0 spiro atoms. The molecular weight excluding hydrogens is 398 g/mol. The lowest BCUT2D eigenvalue weighted by Crippen LogP contribution is -2.20. The summed E-state index contributed by atoms with van der Waals surface area (Å²) in [6, 6.07) is 16.9. The van der Waals surface area contributed by atoms with Crippen molar-refractivity contribution in [1.82, 2.24) is 14.8 Å². The molecule has 0 aliphatic rings. The van der Waals surface area contributed by atoms with Crippen LogP contribution in [0.5, 0.6) is 5.75 Å². The number of aliphatic hydroxyl groups excluding tert-OH is 1. The van der Waals surface area contributed by atoms with E-state index in [0.29, 0.717) is 23.9 Å². The van der Waals surface area contributed by atoms with Gasteiger partial charge in [0.25, 0.3) is 0 Å². The number of hydrogen-bond donors (Lipinski definition) is 1. The zero-order chi connectivity index (χ0) is 19.8. The number of nitrogens with zero attached hydrogens (tertiary/aromatic N) is 3. The summed E-state index contributed by atoms with van der Waals surface area (Å²) in [6.45, 7) is 1.36. The Balaban J connectivity index is 1.64. The summed E-state index contributed by atoms with van der Waals surface area (Å²) in [7, 11) is 1.66. The molecule has 1 aromatic heterocycles. The molecule has 8 heteroatoms. The second kappa shape index (κ2) is 10.5. The van der Waals surface area contributed by atoms with Gasteiger partial charge in [0.1, 0.15) is 12.4 Å². The van der Waals surface area contributed by atoms with Gasteiger partial charge in [-0.1, -0.05) is 41.6 Å². The maximum Gasteiger partial charge on any atom is 0.191 e. The van der Waals surface area contributed by atoms with Gasteiger partial charge in [0.05, 0.1) is 19.3 Å². The number of para-hydroxylation sites is 1. The monoisotopic (exact) mass is 419 g/mol. The number of ether oxygens (including phenoxy) is 2. The molecule has 6 nitrogen and oxygen atoms in total.